The van der Waals surface area contributed by atoms with Crippen LogP contribution in [-0.2, 0) is 0 Å². The number of aromatic nitrogens is 3. The summed E-state index contributed by atoms with van der Waals surface area (Å²) in [5, 5.41) is 0. The molecule has 0 N–H and O–H groups in total. The van der Waals surface area contributed by atoms with Crippen LogP contribution >= 0.6 is 0 Å². The Hall–Kier alpha value is -3.61. The summed E-state index contributed by atoms with van der Waals surface area (Å²) in [5.74, 6) is 1.85. The molecule has 7 nitrogen and oxygen atoms in total. The van der Waals surface area contributed by atoms with Gasteiger partial charge in [0, 0.05) is 5.56 Å². The van der Waals surface area contributed by atoms with Gasteiger partial charge in [-0.05, 0) is 37.6 Å². The Kier molecular flexibility index (Phi) is 5.29. The summed E-state index contributed by atoms with van der Waals surface area (Å²) in [7, 11) is 1.58. The molecular weight excluding hydrogens is 370 g/mol. The van der Waals surface area contributed by atoms with E-state index < -0.39 is 0 Å². The monoisotopic (exact) mass is 391 g/mol. The van der Waals surface area contributed by atoms with Crippen LogP contribution in [0.2, 0.25) is 0 Å². The number of hydrogen-bond donors (Lipinski definition) is 0. The van der Waals surface area contributed by atoms with Gasteiger partial charge in [-0.3, -0.25) is 0 Å². The third kappa shape index (κ3) is 3.99. The number of rotatable bonds is 7. The van der Waals surface area contributed by atoms with Crippen LogP contribution in [0.5, 0.6) is 23.4 Å². The number of oxazole rings is 1. The van der Waals surface area contributed by atoms with E-state index in [1.54, 1.807) is 19.2 Å². The quantitative estimate of drug-likeness (QED) is 0.429. The Balaban J connectivity index is 1.78. The van der Waals surface area contributed by atoms with Crippen molar-refractivity contribution in [1.29, 1.82) is 0 Å². The average Bonchev–Trinajstić information content (AvgIpc) is 3.17. The first-order valence-electron chi connectivity index (χ1n) is 9.37. The minimum Gasteiger partial charge on any atom is -0.493 e. The molecule has 0 spiro atoms. The van der Waals surface area contributed by atoms with Crippen molar-refractivity contribution in [3.8, 4) is 34.8 Å². The summed E-state index contributed by atoms with van der Waals surface area (Å²) in [6, 6.07) is 15.3. The maximum Gasteiger partial charge on any atom is 0.328 e. The third-order valence-electron chi connectivity index (χ3n) is 4.18. The Morgan fingerprint density at radius 3 is 2.55 bits per heavy atom. The topological polar surface area (TPSA) is 79.5 Å². The number of aryl methyl sites for hydroxylation is 1. The molecule has 148 valence electrons. The van der Waals surface area contributed by atoms with Crippen LogP contribution in [0.15, 0.2) is 52.9 Å². The van der Waals surface area contributed by atoms with Crippen molar-refractivity contribution in [3.63, 3.8) is 0 Å². The van der Waals surface area contributed by atoms with E-state index in [0.717, 1.165) is 17.5 Å². The highest BCUT2D eigenvalue weighted by Crippen LogP contribution is 2.33. The van der Waals surface area contributed by atoms with E-state index in [2.05, 4.69) is 15.0 Å². The molecule has 4 aromatic rings. The molecule has 2 aromatic carbocycles. The van der Waals surface area contributed by atoms with Gasteiger partial charge in [-0.25, -0.2) is 4.98 Å². The molecule has 0 saturated heterocycles. The molecule has 0 fully saturated rings. The van der Waals surface area contributed by atoms with Crippen LogP contribution in [0.3, 0.4) is 0 Å². The van der Waals surface area contributed by atoms with Crippen LogP contribution in [0, 0.1) is 6.92 Å². The lowest BCUT2D eigenvalue weighted by atomic mass is 10.1. The first-order chi connectivity index (χ1) is 14.2. The maximum atomic E-state index is 5.91. The molecule has 0 unspecified atom stereocenters. The molecule has 0 aliphatic carbocycles. The summed E-state index contributed by atoms with van der Waals surface area (Å²) in [5.41, 5.74) is 2.73. The van der Waals surface area contributed by atoms with E-state index in [4.69, 9.17) is 18.6 Å². The molecule has 0 aliphatic heterocycles. The number of hydrogen-bond acceptors (Lipinski definition) is 7. The van der Waals surface area contributed by atoms with Crippen molar-refractivity contribution >= 4 is 11.2 Å². The molecule has 0 bridgehead atoms. The summed E-state index contributed by atoms with van der Waals surface area (Å²) >= 11 is 0. The van der Waals surface area contributed by atoms with Gasteiger partial charge in [0.15, 0.2) is 17.0 Å². The Morgan fingerprint density at radius 2 is 1.79 bits per heavy atom. The van der Waals surface area contributed by atoms with Gasteiger partial charge in [-0.1, -0.05) is 36.8 Å². The largest absolute Gasteiger partial charge is 0.493 e. The zero-order chi connectivity index (χ0) is 20.2. The van der Waals surface area contributed by atoms with Crippen molar-refractivity contribution in [2.24, 2.45) is 0 Å². The molecule has 0 aliphatic rings. The maximum absolute atomic E-state index is 5.91. The average molecular weight is 391 g/mol. The second-order valence-electron chi connectivity index (χ2n) is 6.45. The van der Waals surface area contributed by atoms with Crippen LogP contribution in [0.4, 0.5) is 0 Å². The van der Waals surface area contributed by atoms with Crippen molar-refractivity contribution in [2.75, 3.05) is 13.7 Å². The van der Waals surface area contributed by atoms with Gasteiger partial charge in [0.05, 0.1) is 13.7 Å². The second-order valence-corrected chi connectivity index (χ2v) is 6.45. The molecule has 2 heterocycles. The van der Waals surface area contributed by atoms with E-state index in [0.29, 0.717) is 41.1 Å². The van der Waals surface area contributed by atoms with Crippen LogP contribution in [-0.4, -0.2) is 28.7 Å². The lowest BCUT2D eigenvalue weighted by Crippen LogP contribution is -2.01. The number of nitrogens with zero attached hydrogens (tertiary/aromatic N) is 3. The number of methoxy groups -OCH3 is 1. The molecule has 0 amide bonds. The molecule has 0 saturated carbocycles. The minimum absolute atomic E-state index is 0.0973. The Bertz CT molecular complexity index is 1140. The van der Waals surface area contributed by atoms with Crippen molar-refractivity contribution in [3.05, 3.63) is 54.1 Å². The molecular formula is C22H21N3O4. The van der Waals surface area contributed by atoms with Crippen LogP contribution < -0.4 is 14.2 Å². The number of para-hydroxylation sites is 2. The van der Waals surface area contributed by atoms with Gasteiger partial charge < -0.3 is 18.6 Å². The summed E-state index contributed by atoms with van der Waals surface area (Å²) in [6.45, 7) is 4.53. The molecule has 0 radical (unpaired) electrons. The molecule has 7 heteroatoms. The van der Waals surface area contributed by atoms with Crippen molar-refractivity contribution in [1.82, 2.24) is 15.0 Å². The van der Waals surface area contributed by atoms with Gasteiger partial charge in [0.25, 0.3) is 11.6 Å². The first-order valence-corrected chi connectivity index (χ1v) is 9.37. The summed E-state index contributed by atoms with van der Waals surface area (Å²) in [6.07, 6.45) is 0.830. The van der Waals surface area contributed by atoms with Gasteiger partial charge in [-0.15, -0.1) is 0 Å². The summed E-state index contributed by atoms with van der Waals surface area (Å²) in [4.78, 5) is 13.3. The zero-order valence-corrected chi connectivity index (χ0v) is 16.5. The van der Waals surface area contributed by atoms with E-state index in [-0.39, 0.29) is 6.01 Å². The fraction of sp³-hybridized carbons (Fsp3) is 0.227. The Labute approximate surface area is 168 Å². The first kappa shape index (κ1) is 18.7. The van der Waals surface area contributed by atoms with Gasteiger partial charge in [0.1, 0.15) is 0 Å². The Morgan fingerprint density at radius 1 is 0.966 bits per heavy atom. The highest BCUT2D eigenvalue weighted by molar-refractivity contribution is 5.78. The second kappa shape index (κ2) is 8.18. The fourth-order valence-corrected chi connectivity index (χ4v) is 2.83. The zero-order valence-electron chi connectivity index (χ0n) is 16.5. The van der Waals surface area contributed by atoms with Gasteiger partial charge >= 0.3 is 6.01 Å². The minimum atomic E-state index is 0.0973. The lowest BCUT2D eigenvalue weighted by molar-refractivity contribution is 0.301. The predicted molar refractivity (Wildman–Crippen MR) is 109 cm³/mol. The van der Waals surface area contributed by atoms with Crippen LogP contribution in [0.25, 0.3) is 22.7 Å². The van der Waals surface area contributed by atoms with E-state index in [9.17, 15) is 0 Å². The highest BCUT2D eigenvalue weighted by atomic mass is 16.5. The number of ether oxygens (including phenoxy) is 3. The predicted octanol–water partition coefficient (Wildman–Crippen LogP) is 5.18. The fourth-order valence-electron chi connectivity index (χ4n) is 2.83. The van der Waals surface area contributed by atoms with Gasteiger partial charge in [-0.2, -0.15) is 9.97 Å². The van der Waals surface area contributed by atoms with Crippen molar-refractivity contribution in [2.45, 2.75) is 20.3 Å². The number of fused-ring (bicyclic) bond motifs is 1. The van der Waals surface area contributed by atoms with Crippen LogP contribution in [0.1, 0.15) is 18.9 Å². The van der Waals surface area contributed by atoms with Crippen molar-refractivity contribution < 1.29 is 18.6 Å². The molecule has 2 aromatic heterocycles. The summed E-state index contributed by atoms with van der Waals surface area (Å²) < 4.78 is 22.9. The molecule has 29 heavy (non-hydrogen) atoms. The SMILES string of the molecule is CCCOc1nc(Oc2ccccc2OC)nc2oc(-c3cccc(C)c3)nc12. The van der Waals surface area contributed by atoms with E-state index in [1.807, 2.05) is 50.2 Å². The lowest BCUT2D eigenvalue weighted by Gasteiger charge is -2.09. The molecule has 0 atom stereocenters. The standard InChI is InChI=1S/C22H21N3O4/c1-4-12-27-20-18-21(29-19(23-18)15-9-7-8-14(2)13-15)25-22(24-20)28-17-11-6-5-10-16(17)26-3/h5-11,13H,4,12H2,1-3H3. The smallest absolute Gasteiger partial charge is 0.328 e. The van der Waals surface area contributed by atoms with E-state index in [1.165, 1.54) is 0 Å². The third-order valence-corrected chi connectivity index (χ3v) is 4.18. The molecule has 4 rings (SSSR count). The highest BCUT2D eigenvalue weighted by Gasteiger charge is 2.19. The normalized spacial score (nSPS) is 10.9. The van der Waals surface area contributed by atoms with Gasteiger partial charge in [0.2, 0.25) is 5.89 Å². The number of benzene rings is 2. The van der Waals surface area contributed by atoms with E-state index >= 15 is 0 Å².